The number of carbonyl (C=O) groups excluding carboxylic acids is 1. The lowest BCUT2D eigenvalue weighted by Crippen LogP contribution is -2.14. The Morgan fingerprint density at radius 2 is 1.61 bits per heavy atom. The van der Waals surface area contributed by atoms with Crippen LogP contribution in [-0.4, -0.2) is 36.5 Å². The molecule has 7 nitrogen and oxygen atoms in total. The highest BCUT2D eigenvalue weighted by atomic mass is 32.2. The van der Waals surface area contributed by atoms with E-state index in [1.807, 2.05) is 42.5 Å². The van der Waals surface area contributed by atoms with Crippen LogP contribution in [0.1, 0.15) is 16.1 Å². The van der Waals surface area contributed by atoms with Gasteiger partial charge in [0, 0.05) is 17.6 Å². The Balaban J connectivity index is 1.58. The summed E-state index contributed by atoms with van der Waals surface area (Å²) in [6.07, 6.45) is 1.70. The number of anilines is 3. The molecule has 1 aromatic heterocycles. The van der Waals surface area contributed by atoms with Crippen molar-refractivity contribution in [1.29, 1.82) is 0 Å². The molecule has 0 unspecified atom stereocenters. The summed E-state index contributed by atoms with van der Waals surface area (Å²) in [6.45, 7) is 0. The number of para-hydroxylation sites is 1. The van der Waals surface area contributed by atoms with Crippen molar-refractivity contribution in [2.45, 2.75) is 6.42 Å². The highest BCUT2D eigenvalue weighted by Gasteiger charge is 2.09. The number of rotatable bonds is 7. The van der Waals surface area contributed by atoms with E-state index in [0.717, 1.165) is 11.3 Å². The smallest absolute Gasteiger partial charge is 0.276 e. The summed E-state index contributed by atoms with van der Waals surface area (Å²) in [7, 11) is -2.98. The highest BCUT2D eigenvalue weighted by Crippen LogP contribution is 2.16. The Hall–Kier alpha value is -3.26. The van der Waals surface area contributed by atoms with Crippen molar-refractivity contribution in [3.8, 4) is 0 Å². The van der Waals surface area contributed by atoms with Gasteiger partial charge in [-0.2, -0.15) is 0 Å². The van der Waals surface area contributed by atoms with Gasteiger partial charge >= 0.3 is 0 Å². The zero-order chi connectivity index (χ0) is 20.0. The maximum atomic E-state index is 12.2. The Labute approximate surface area is 163 Å². The minimum atomic E-state index is -2.98. The molecule has 28 heavy (non-hydrogen) atoms. The fourth-order valence-electron chi connectivity index (χ4n) is 2.44. The van der Waals surface area contributed by atoms with Crippen LogP contribution in [0.4, 0.5) is 17.2 Å². The molecule has 1 heterocycles. The van der Waals surface area contributed by atoms with E-state index in [4.69, 9.17) is 0 Å². The van der Waals surface area contributed by atoms with E-state index in [2.05, 4.69) is 20.8 Å². The lowest BCUT2D eigenvalue weighted by Gasteiger charge is -2.07. The van der Waals surface area contributed by atoms with Crippen LogP contribution in [0.3, 0.4) is 0 Å². The summed E-state index contributed by atoms with van der Waals surface area (Å²) in [6, 6.07) is 19.8. The molecular formula is C20H20N4O3S. The number of amides is 1. The van der Waals surface area contributed by atoms with Crippen LogP contribution in [-0.2, 0) is 16.3 Å². The molecule has 1 amide bonds. The second kappa shape index (κ2) is 8.62. The summed E-state index contributed by atoms with van der Waals surface area (Å²) in [4.78, 5) is 12.2. The first-order valence-electron chi connectivity index (χ1n) is 8.63. The largest absolute Gasteiger partial charge is 0.339 e. The first-order chi connectivity index (χ1) is 13.4. The zero-order valence-corrected chi connectivity index (χ0v) is 16.1. The average Bonchev–Trinajstić information content (AvgIpc) is 2.68. The molecule has 144 valence electrons. The van der Waals surface area contributed by atoms with Gasteiger partial charge in [0.05, 0.1) is 5.75 Å². The first-order valence-corrected chi connectivity index (χ1v) is 10.7. The van der Waals surface area contributed by atoms with Crippen LogP contribution in [0.25, 0.3) is 0 Å². The van der Waals surface area contributed by atoms with Crippen molar-refractivity contribution < 1.29 is 13.2 Å². The maximum absolute atomic E-state index is 12.2. The average molecular weight is 396 g/mol. The number of hydrogen-bond donors (Lipinski definition) is 2. The van der Waals surface area contributed by atoms with E-state index >= 15 is 0 Å². The normalized spacial score (nSPS) is 11.0. The van der Waals surface area contributed by atoms with Crippen LogP contribution in [0.2, 0.25) is 0 Å². The molecule has 3 rings (SSSR count). The number of hydrogen-bond acceptors (Lipinski definition) is 6. The van der Waals surface area contributed by atoms with Crippen LogP contribution < -0.4 is 10.6 Å². The van der Waals surface area contributed by atoms with Gasteiger partial charge in [-0.25, -0.2) is 8.42 Å². The summed E-state index contributed by atoms with van der Waals surface area (Å²) in [5, 5.41) is 13.8. The van der Waals surface area contributed by atoms with Gasteiger partial charge in [-0.05, 0) is 48.4 Å². The van der Waals surface area contributed by atoms with Gasteiger partial charge in [0.2, 0.25) is 0 Å². The fourth-order valence-corrected chi connectivity index (χ4v) is 3.05. The van der Waals surface area contributed by atoms with Gasteiger partial charge in [0.25, 0.3) is 5.91 Å². The van der Waals surface area contributed by atoms with Crippen molar-refractivity contribution in [1.82, 2.24) is 10.2 Å². The van der Waals surface area contributed by atoms with Gasteiger partial charge in [-0.3, -0.25) is 4.79 Å². The molecule has 0 aliphatic heterocycles. The molecule has 2 aromatic carbocycles. The summed E-state index contributed by atoms with van der Waals surface area (Å²) in [5.74, 6) is 0.290. The van der Waals surface area contributed by atoms with Crippen molar-refractivity contribution in [2.75, 3.05) is 22.6 Å². The Morgan fingerprint density at radius 3 is 2.21 bits per heavy atom. The van der Waals surface area contributed by atoms with Crippen LogP contribution in [0.15, 0.2) is 66.7 Å². The predicted octanol–water partition coefficient (Wildman–Crippen LogP) is 3.06. The number of aryl methyl sites for hydroxylation is 1. The van der Waals surface area contributed by atoms with Crippen molar-refractivity contribution in [3.63, 3.8) is 0 Å². The monoisotopic (exact) mass is 396 g/mol. The van der Waals surface area contributed by atoms with Gasteiger partial charge in [0.15, 0.2) is 11.5 Å². The molecule has 3 aromatic rings. The van der Waals surface area contributed by atoms with E-state index in [1.54, 1.807) is 24.3 Å². The topological polar surface area (TPSA) is 101 Å². The molecule has 0 bridgehead atoms. The number of nitrogens with zero attached hydrogens (tertiary/aromatic N) is 2. The first kappa shape index (κ1) is 19.5. The van der Waals surface area contributed by atoms with E-state index in [0.29, 0.717) is 17.9 Å². The highest BCUT2D eigenvalue weighted by molar-refractivity contribution is 7.90. The minimum absolute atomic E-state index is 0.123. The summed E-state index contributed by atoms with van der Waals surface area (Å²) < 4.78 is 22.5. The third-order valence-corrected chi connectivity index (χ3v) is 4.86. The zero-order valence-electron chi connectivity index (χ0n) is 15.3. The van der Waals surface area contributed by atoms with Gasteiger partial charge in [-0.15, -0.1) is 10.2 Å². The number of carbonyl (C=O) groups is 1. The summed E-state index contributed by atoms with van der Waals surface area (Å²) >= 11 is 0. The molecule has 2 N–H and O–H groups in total. The third-order valence-electron chi connectivity index (χ3n) is 3.92. The Morgan fingerprint density at radius 1 is 0.893 bits per heavy atom. The number of nitrogens with one attached hydrogen (secondary N) is 2. The molecular weight excluding hydrogens is 376 g/mol. The number of sulfone groups is 1. The molecule has 0 fully saturated rings. The third kappa shape index (κ3) is 5.88. The van der Waals surface area contributed by atoms with Crippen LogP contribution in [0, 0.1) is 0 Å². The molecule has 8 heteroatoms. The maximum Gasteiger partial charge on any atom is 0.276 e. The molecule has 0 radical (unpaired) electrons. The molecule has 0 aliphatic rings. The second-order valence-electron chi connectivity index (χ2n) is 6.33. The SMILES string of the molecule is CS(=O)(=O)CCc1ccc(Nc2ccc(C(=O)Nc3ccccc3)nn2)cc1. The number of aromatic nitrogens is 2. The van der Waals surface area contributed by atoms with Gasteiger partial charge in [-0.1, -0.05) is 30.3 Å². The van der Waals surface area contributed by atoms with E-state index in [1.165, 1.54) is 6.26 Å². The molecule has 0 spiro atoms. The Bertz CT molecular complexity index is 1040. The van der Waals surface area contributed by atoms with E-state index in [-0.39, 0.29) is 17.4 Å². The molecule has 0 saturated heterocycles. The van der Waals surface area contributed by atoms with Gasteiger partial charge in [0.1, 0.15) is 9.84 Å². The number of benzene rings is 2. The van der Waals surface area contributed by atoms with Gasteiger partial charge < -0.3 is 10.6 Å². The quantitative estimate of drug-likeness (QED) is 0.636. The lowest BCUT2D eigenvalue weighted by atomic mass is 10.1. The van der Waals surface area contributed by atoms with Crippen molar-refractivity contribution in [2.24, 2.45) is 0 Å². The van der Waals surface area contributed by atoms with E-state index < -0.39 is 9.84 Å². The van der Waals surface area contributed by atoms with E-state index in [9.17, 15) is 13.2 Å². The molecule has 0 atom stereocenters. The van der Waals surface area contributed by atoms with Crippen LogP contribution >= 0.6 is 0 Å². The standard InChI is InChI=1S/C20H20N4O3S/c1-28(26,27)14-13-15-7-9-17(10-8-15)21-19-12-11-18(23-24-19)20(25)22-16-5-3-2-4-6-16/h2-12H,13-14H2,1H3,(H,21,24)(H,22,25). The Kier molecular flexibility index (Phi) is 6.00. The lowest BCUT2D eigenvalue weighted by molar-refractivity contribution is 0.102. The molecule has 0 saturated carbocycles. The fraction of sp³-hybridized carbons (Fsp3) is 0.150. The second-order valence-corrected chi connectivity index (χ2v) is 8.59. The van der Waals surface area contributed by atoms with Crippen molar-refractivity contribution in [3.05, 3.63) is 78.0 Å². The minimum Gasteiger partial charge on any atom is -0.339 e. The van der Waals surface area contributed by atoms with Crippen LogP contribution in [0.5, 0.6) is 0 Å². The summed E-state index contributed by atoms with van der Waals surface area (Å²) in [5.41, 5.74) is 2.63. The van der Waals surface area contributed by atoms with Crippen molar-refractivity contribution >= 4 is 32.9 Å². The molecule has 0 aliphatic carbocycles. The predicted molar refractivity (Wildman–Crippen MR) is 110 cm³/mol.